The Labute approximate surface area is 231 Å². The predicted octanol–water partition coefficient (Wildman–Crippen LogP) is 7.03. The van der Waals surface area contributed by atoms with Gasteiger partial charge in [0.05, 0.1) is 11.1 Å². The summed E-state index contributed by atoms with van der Waals surface area (Å²) in [7, 11) is 0. The average molecular weight is 548 g/mol. The lowest BCUT2D eigenvalue weighted by atomic mass is 9.59. The predicted molar refractivity (Wildman–Crippen MR) is 150 cm³/mol. The Kier molecular flexibility index (Phi) is 5.30. The number of benzene rings is 3. The second-order valence-corrected chi connectivity index (χ2v) is 12.1. The molecule has 0 unspecified atom stereocenters. The summed E-state index contributed by atoms with van der Waals surface area (Å²) in [4.78, 5) is 35.3. The number of rotatable bonds is 3. The van der Waals surface area contributed by atoms with E-state index in [1.165, 1.54) is 0 Å². The maximum absolute atomic E-state index is 13.7. The van der Waals surface area contributed by atoms with Crippen LogP contribution in [0.2, 0.25) is 10.0 Å². The maximum atomic E-state index is 13.7. The van der Waals surface area contributed by atoms with Gasteiger partial charge in [0, 0.05) is 27.0 Å². The molecule has 3 aromatic rings. The molecule has 0 aliphatic carbocycles. The number of aliphatic imine (C=N–C) groups is 1. The van der Waals surface area contributed by atoms with Crippen molar-refractivity contribution in [1.82, 2.24) is 0 Å². The van der Waals surface area contributed by atoms with Crippen LogP contribution in [0.4, 0.5) is 17.1 Å². The number of carbonyl (C=O) groups excluding carboxylic acids is 2. The zero-order chi connectivity index (χ0) is 27.2. The van der Waals surface area contributed by atoms with Crippen LogP contribution in [0.1, 0.15) is 38.8 Å². The molecular weight excluding hydrogens is 521 g/mol. The molecule has 3 heterocycles. The Balaban J connectivity index is 1.49. The van der Waals surface area contributed by atoms with E-state index in [-0.39, 0.29) is 11.8 Å². The van der Waals surface area contributed by atoms with Gasteiger partial charge in [0.15, 0.2) is 11.8 Å². The minimum Gasteiger partial charge on any atom is -0.453 e. The van der Waals surface area contributed by atoms with Crippen molar-refractivity contribution in [3.05, 3.63) is 87.9 Å². The summed E-state index contributed by atoms with van der Waals surface area (Å²) in [6, 6.07) is 20.3. The van der Waals surface area contributed by atoms with E-state index in [0.717, 1.165) is 16.8 Å². The van der Waals surface area contributed by atoms with Crippen molar-refractivity contribution in [3.63, 3.8) is 0 Å². The van der Waals surface area contributed by atoms with E-state index in [9.17, 15) is 9.59 Å². The van der Waals surface area contributed by atoms with E-state index >= 15 is 0 Å². The van der Waals surface area contributed by atoms with Crippen molar-refractivity contribution in [2.45, 2.75) is 46.4 Å². The Hall–Kier alpha value is -3.35. The lowest BCUT2D eigenvalue weighted by Gasteiger charge is -2.62. The summed E-state index contributed by atoms with van der Waals surface area (Å²) in [5.74, 6) is 0.274. The third-order valence-corrected chi connectivity index (χ3v) is 8.59. The first-order chi connectivity index (χ1) is 17.9. The number of fused-ring (bicyclic) bond motifs is 2. The molecule has 2 fully saturated rings. The average Bonchev–Trinajstić information content (AvgIpc) is 3.21. The van der Waals surface area contributed by atoms with Gasteiger partial charge in [-0.25, -0.2) is 4.99 Å². The Morgan fingerprint density at radius 3 is 2.00 bits per heavy atom. The minimum absolute atomic E-state index is 0.0519. The fourth-order valence-electron chi connectivity index (χ4n) is 5.93. The Morgan fingerprint density at radius 2 is 1.39 bits per heavy atom. The molecule has 0 radical (unpaired) electrons. The van der Waals surface area contributed by atoms with Gasteiger partial charge in [-0.15, -0.1) is 0 Å². The normalized spacial score (nSPS) is 24.6. The molecule has 3 aromatic carbocycles. The number of halogens is 2. The van der Waals surface area contributed by atoms with E-state index in [4.69, 9.17) is 32.9 Å². The largest absolute Gasteiger partial charge is 0.453 e. The first-order valence-corrected chi connectivity index (χ1v) is 13.2. The third kappa shape index (κ3) is 3.10. The van der Waals surface area contributed by atoms with E-state index in [2.05, 4.69) is 6.07 Å². The SMILES string of the molecule is Cc1ccc2c(c1)[C@@]1(C(O[C@H]3N(c4ccc(Cl)cc4)C(=O)C3(C)C)=N2)N(c2ccc(Cl)cc2)C(=O)C1(C)C. The molecule has 2 atom stereocenters. The van der Waals surface area contributed by atoms with Gasteiger partial charge in [-0.05, 0) is 89.2 Å². The van der Waals surface area contributed by atoms with Gasteiger partial charge in [-0.3, -0.25) is 19.4 Å². The number of aryl methyl sites for hydroxylation is 1. The topological polar surface area (TPSA) is 62.2 Å². The summed E-state index contributed by atoms with van der Waals surface area (Å²) in [5.41, 5.74) is 1.39. The first-order valence-electron chi connectivity index (χ1n) is 12.5. The molecule has 194 valence electrons. The highest BCUT2D eigenvalue weighted by Crippen LogP contribution is 2.63. The van der Waals surface area contributed by atoms with Crippen LogP contribution in [0.3, 0.4) is 0 Å². The molecule has 2 saturated heterocycles. The number of carbonyl (C=O) groups is 2. The Bertz CT molecular complexity index is 1530. The first kappa shape index (κ1) is 25.0. The number of anilines is 2. The number of hydrogen-bond acceptors (Lipinski definition) is 4. The maximum Gasteiger partial charge on any atom is 0.241 e. The molecule has 6 nitrogen and oxygen atoms in total. The van der Waals surface area contributed by atoms with Crippen LogP contribution in [0.25, 0.3) is 0 Å². The van der Waals surface area contributed by atoms with Crippen LogP contribution in [-0.2, 0) is 19.9 Å². The van der Waals surface area contributed by atoms with E-state index in [1.54, 1.807) is 46.2 Å². The molecule has 2 amide bonds. The van der Waals surface area contributed by atoms with Gasteiger partial charge in [0.25, 0.3) is 0 Å². The number of nitrogens with zero attached hydrogens (tertiary/aromatic N) is 3. The summed E-state index contributed by atoms with van der Waals surface area (Å²) in [5, 5.41) is 1.16. The van der Waals surface area contributed by atoms with Crippen LogP contribution in [0.15, 0.2) is 71.7 Å². The summed E-state index contributed by atoms with van der Waals surface area (Å²) < 4.78 is 6.77. The van der Waals surface area contributed by atoms with Crippen molar-refractivity contribution in [2.75, 3.05) is 9.80 Å². The summed E-state index contributed by atoms with van der Waals surface area (Å²) in [6.07, 6.45) is -0.638. The fraction of sp³-hybridized carbons (Fsp3) is 0.300. The number of hydrogen-bond donors (Lipinski definition) is 0. The molecule has 0 N–H and O–H groups in total. The molecular formula is C30H27Cl2N3O3. The molecule has 3 aliphatic heterocycles. The molecule has 8 heteroatoms. The van der Waals surface area contributed by atoms with Crippen molar-refractivity contribution in [1.29, 1.82) is 0 Å². The minimum atomic E-state index is -1.00. The van der Waals surface area contributed by atoms with Gasteiger partial charge in [0.2, 0.25) is 17.7 Å². The van der Waals surface area contributed by atoms with Crippen LogP contribution < -0.4 is 9.80 Å². The van der Waals surface area contributed by atoms with Gasteiger partial charge < -0.3 is 4.74 Å². The Morgan fingerprint density at radius 1 is 0.816 bits per heavy atom. The van der Waals surface area contributed by atoms with Crippen LogP contribution in [-0.4, -0.2) is 23.9 Å². The zero-order valence-electron chi connectivity index (χ0n) is 21.8. The lowest BCUT2D eigenvalue weighted by molar-refractivity contribution is -0.151. The third-order valence-electron chi connectivity index (χ3n) is 8.09. The van der Waals surface area contributed by atoms with E-state index in [1.807, 2.05) is 58.9 Å². The highest BCUT2D eigenvalue weighted by Gasteiger charge is 2.74. The quantitative estimate of drug-likeness (QED) is 0.330. The van der Waals surface area contributed by atoms with Gasteiger partial charge in [0.1, 0.15) is 5.41 Å². The van der Waals surface area contributed by atoms with Crippen LogP contribution >= 0.6 is 23.2 Å². The highest BCUT2D eigenvalue weighted by molar-refractivity contribution is 6.31. The molecule has 0 saturated carbocycles. The second-order valence-electron chi connectivity index (χ2n) is 11.2. The smallest absolute Gasteiger partial charge is 0.241 e. The van der Waals surface area contributed by atoms with Crippen LogP contribution in [0, 0.1) is 17.8 Å². The summed E-state index contributed by atoms with van der Waals surface area (Å²) in [6.45, 7) is 9.58. The van der Waals surface area contributed by atoms with Crippen LogP contribution in [0.5, 0.6) is 0 Å². The molecule has 38 heavy (non-hydrogen) atoms. The van der Waals surface area contributed by atoms with Crippen molar-refractivity contribution in [2.24, 2.45) is 15.8 Å². The summed E-state index contributed by atoms with van der Waals surface area (Å²) >= 11 is 12.3. The highest BCUT2D eigenvalue weighted by atomic mass is 35.5. The van der Waals surface area contributed by atoms with E-state index < -0.39 is 22.6 Å². The van der Waals surface area contributed by atoms with Crippen molar-refractivity contribution < 1.29 is 14.3 Å². The van der Waals surface area contributed by atoms with Crippen molar-refractivity contribution >= 4 is 58.0 Å². The molecule has 6 rings (SSSR count). The molecule has 0 bridgehead atoms. The molecule has 3 aliphatic rings. The van der Waals surface area contributed by atoms with Gasteiger partial charge in [-0.1, -0.05) is 40.9 Å². The van der Waals surface area contributed by atoms with Gasteiger partial charge >= 0.3 is 0 Å². The van der Waals surface area contributed by atoms with Crippen molar-refractivity contribution in [3.8, 4) is 0 Å². The number of amides is 2. The number of β-lactam (4-membered cyclic amide) rings is 2. The fourth-order valence-corrected chi connectivity index (χ4v) is 6.18. The van der Waals surface area contributed by atoms with Gasteiger partial charge in [-0.2, -0.15) is 0 Å². The molecule has 0 aromatic heterocycles. The second kappa shape index (κ2) is 8.08. The zero-order valence-corrected chi connectivity index (χ0v) is 23.3. The molecule has 1 spiro atoms. The monoisotopic (exact) mass is 547 g/mol. The number of ether oxygens (including phenoxy) is 1. The lowest BCUT2D eigenvalue weighted by Crippen LogP contribution is -2.78. The van der Waals surface area contributed by atoms with E-state index in [0.29, 0.717) is 27.3 Å². The standard InChI is InChI=1S/C30H27Cl2N3O3/c1-17-6-15-23-22(16-17)30(29(4,5)26(37)35(30)21-13-9-19(32)10-14-21)24(33-23)38-27-28(2,3)25(36)34(27)20-11-7-18(31)8-12-20/h6-16,27H,1-5H3/t27-,30+/m1/s1.